The van der Waals surface area contributed by atoms with Gasteiger partial charge in [-0.25, -0.2) is 0 Å². The summed E-state index contributed by atoms with van der Waals surface area (Å²) in [6.45, 7) is 7.86. The van der Waals surface area contributed by atoms with Gasteiger partial charge in [0.25, 0.3) is 10.6 Å². The first-order valence-corrected chi connectivity index (χ1v) is 13.5. The van der Waals surface area contributed by atoms with Crippen LogP contribution < -0.4 is 24.2 Å². The van der Waals surface area contributed by atoms with Crippen LogP contribution in [0.15, 0.2) is 63.3 Å². The van der Waals surface area contributed by atoms with E-state index in [-0.39, 0.29) is 5.56 Å². The SMILES string of the molecule is CCn1c(=Cc2sc3ccccc3[n+]2CC)sc(=CC=C2Sc3ccc(C)cc3N2C)c1=O. The van der Waals surface area contributed by atoms with E-state index in [1.54, 1.807) is 34.4 Å². The van der Waals surface area contributed by atoms with Crippen molar-refractivity contribution in [2.24, 2.45) is 0 Å². The fourth-order valence-corrected chi connectivity index (χ4v) is 7.44. The molecule has 0 aliphatic carbocycles. The fourth-order valence-electron chi connectivity index (χ4n) is 4.12. The summed E-state index contributed by atoms with van der Waals surface area (Å²) < 4.78 is 7.22. The van der Waals surface area contributed by atoms with E-state index in [9.17, 15) is 4.79 Å². The third-order valence-electron chi connectivity index (χ3n) is 5.85. The Morgan fingerprint density at radius 2 is 1.88 bits per heavy atom. The summed E-state index contributed by atoms with van der Waals surface area (Å²) in [6.07, 6.45) is 6.22. The zero-order chi connectivity index (χ0) is 23.1. The lowest BCUT2D eigenvalue weighted by Gasteiger charge is -2.13. The number of nitrogens with zero attached hydrogens (tertiary/aromatic N) is 3. The molecule has 0 spiro atoms. The van der Waals surface area contributed by atoms with Crippen LogP contribution in [0.1, 0.15) is 24.4 Å². The van der Waals surface area contributed by atoms with Gasteiger partial charge in [-0.15, -0.1) is 11.3 Å². The van der Waals surface area contributed by atoms with E-state index < -0.39 is 0 Å². The lowest BCUT2D eigenvalue weighted by atomic mass is 10.2. The van der Waals surface area contributed by atoms with Crippen molar-refractivity contribution in [1.29, 1.82) is 0 Å². The highest BCUT2D eigenvalue weighted by Gasteiger charge is 2.21. The molecule has 3 heterocycles. The molecule has 0 fully saturated rings. The van der Waals surface area contributed by atoms with E-state index >= 15 is 0 Å². The van der Waals surface area contributed by atoms with Crippen LogP contribution >= 0.6 is 34.4 Å². The van der Waals surface area contributed by atoms with Gasteiger partial charge in [-0.05, 0) is 56.7 Å². The molecule has 0 amide bonds. The summed E-state index contributed by atoms with van der Waals surface area (Å²) in [5, 5.41) is 2.30. The number of fused-ring (bicyclic) bond motifs is 2. The first-order valence-electron chi connectivity index (χ1n) is 11.1. The number of para-hydroxylation sites is 1. The quantitative estimate of drug-likeness (QED) is 0.394. The molecule has 0 radical (unpaired) electrons. The number of thioether (sulfide) groups is 1. The molecule has 0 atom stereocenters. The molecule has 168 valence electrons. The highest BCUT2D eigenvalue weighted by atomic mass is 32.2. The molecule has 1 aliphatic heterocycles. The lowest BCUT2D eigenvalue weighted by Crippen LogP contribution is -2.35. The van der Waals surface area contributed by atoms with Crippen molar-refractivity contribution in [3.63, 3.8) is 0 Å². The minimum Gasteiger partial charge on any atom is -0.338 e. The van der Waals surface area contributed by atoms with Gasteiger partial charge >= 0.3 is 0 Å². The molecular formula is C26H26N3OS3+. The maximum atomic E-state index is 13.2. The third-order valence-corrected chi connectivity index (χ3v) is 9.23. The number of benzene rings is 2. The average molecular weight is 493 g/mol. The van der Waals surface area contributed by atoms with Crippen LogP contribution in [0.25, 0.3) is 22.4 Å². The standard InChI is InChI=1S/C26H26N3OS3/c1-5-28-18-9-7-8-10-20(18)32-24(28)16-25-29(6-2)26(30)22(33-25)13-14-23-27(4)19-15-17(3)11-12-21(19)31-23/h7-16H,5-6H2,1-4H3/q+1. The van der Waals surface area contributed by atoms with Gasteiger partial charge in [0.1, 0.15) is 15.9 Å². The summed E-state index contributed by atoms with van der Waals surface area (Å²) in [5.74, 6) is 0. The van der Waals surface area contributed by atoms with Crippen LogP contribution in [0.3, 0.4) is 0 Å². The minimum absolute atomic E-state index is 0.0776. The zero-order valence-electron chi connectivity index (χ0n) is 19.2. The van der Waals surface area contributed by atoms with E-state index in [0.717, 1.165) is 20.8 Å². The largest absolute Gasteiger partial charge is 0.338 e. The third kappa shape index (κ3) is 3.98. The van der Waals surface area contributed by atoms with E-state index in [1.165, 1.54) is 31.4 Å². The van der Waals surface area contributed by atoms with Gasteiger partial charge in [-0.2, -0.15) is 4.57 Å². The number of aryl methyl sites for hydroxylation is 2. The monoisotopic (exact) mass is 492 g/mol. The predicted molar refractivity (Wildman–Crippen MR) is 143 cm³/mol. The number of allylic oxidation sites excluding steroid dienone is 1. The molecule has 0 bridgehead atoms. The van der Waals surface area contributed by atoms with Crippen molar-refractivity contribution >= 4 is 62.5 Å². The van der Waals surface area contributed by atoms with E-state index in [2.05, 4.69) is 85.0 Å². The van der Waals surface area contributed by atoms with Crippen molar-refractivity contribution in [3.05, 3.63) is 83.7 Å². The van der Waals surface area contributed by atoms with Gasteiger partial charge in [0.05, 0.1) is 21.3 Å². The van der Waals surface area contributed by atoms with Crippen molar-refractivity contribution in [2.75, 3.05) is 11.9 Å². The lowest BCUT2D eigenvalue weighted by molar-refractivity contribution is -0.665. The molecule has 5 rings (SSSR count). The summed E-state index contributed by atoms with van der Waals surface area (Å²) >= 11 is 5.09. The van der Waals surface area contributed by atoms with Crippen LogP contribution in [0.5, 0.6) is 0 Å². The van der Waals surface area contributed by atoms with Gasteiger partial charge < -0.3 is 4.90 Å². The average Bonchev–Trinajstić information content (AvgIpc) is 3.43. The van der Waals surface area contributed by atoms with Crippen LogP contribution in [0, 0.1) is 6.92 Å². The Morgan fingerprint density at radius 3 is 2.67 bits per heavy atom. The molecule has 2 aromatic heterocycles. The second kappa shape index (κ2) is 8.97. The summed E-state index contributed by atoms with van der Waals surface area (Å²) in [7, 11) is 2.08. The molecule has 33 heavy (non-hydrogen) atoms. The molecular weight excluding hydrogens is 467 g/mol. The molecule has 0 unspecified atom stereocenters. The Balaban J connectivity index is 1.59. The maximum Gasteiger partial charge on any atom is 0.269 e. The molecule has 0 saturated heterocycles. The number of aromatic nitrogens is 2. The molecule has 4 nitrogen and oxygen atoms in total. The first-order chi connectivity index (χ1) is 16.0. The number of hydrogen-bond donors (Lipinski definition) is 0. The second-order valence-corrected chi connectivity index (χ2v) is 11.1. The van der Waals surface area contributed by atoms with Crippen LogP contribution in [0.2, 0.25) is 0 Å². The second-order valence-electron chi connectivity index (χ2n) is 7.95. The molecule has 7 heteroatoms. The summed E-state index contributed by atoms with van der Waals surface area (Å²) in [4.78, 5) is 16.6. The smallest absolute Gasteiger partial charge is 0.269 e. The molecule has 0 N–H and O–H groups in total. The summed E-state index contributed by atoms with van der Waals surface area (Å²) in [6, 6.07) is 15.0. The highest BCUT2D eigenvalue weighted by molar-refractivity contribution is 8.03. The van der Waals surface area contributed by atoms with Crippen LogP contribution in [0.4, 0.5) is 5.69 Å². The Morgan fingerprint density at radius 1 is 1.06 bits per heavy atom. The number of thiazole rings is 2. The molecule has 1 aliphatic rings. The van der Waals surface area contributed by atoms with Crippen molar-refractivity contribution in [1.82, 2.24) is 4.57 Å². The Bertz CT molecular complexity index is 1570. The van der Waals surface area contributed by atoms with Gasteiger partial charge in [0.15, 0.2) is 0 Å². The zero-order valence-corrected chi connectivity index (χ0v) is 21.6. The Labute approximate surface area is 205 Å². The predicted octanol–water partition coefficient (Wildman–Crippen LogP) is 4.45. The van der Waals surface area contributed by atoms with Gasteiger partial charge in [0, 0.05) is 24.6 Å². The van der Waals surface area contributed by atoms with Crippen molar-refractivity contribution < 1.29 is 4.57 Å². The van der Waals surface area contributed by atoms with Gasteiger partial charge in [-0.1, -0.05) is 41.3 Å². The van der Waals surface area contributed by atoms with Crippen LogP contribution in [-0.2, 0) is 13.1 Å². The number of rotatable bonds is 4. The summed E-state index contributed by atoms with van der Waals surface area (Å²) in [5.41, 5.74) is 3.79. The van der Waals surface area contributed by atoms with Crippen molar-refractivity contribution in [3.8, 4) is 0 Å². The Hall–Kier alpha value is -2.61. The number of hydrogen-bond acceptors (Lipinski definition) is 5. The van der Waals surface area contributed by atoms with E-state index in [1.807, 2.05) is 17.6 Å². The van der Waals surface area contributed by atoms with Crippen molar-refractivity contribution in [2.45, 2.75) is 38.8 Å². The minimum atomic E-state index is 0.0776. The maximum absolute atomic E-state index is 13.2. The fraction of sp³-hybridized carbons (Fsp3) is 0.231. The van der Waals surface area contributed by atoms with Gasteiger partial charge in [0.2, 0.25) is 5.52 Å². The topological polar surface area (TPSA) is 29.1 Å². The van der Waals surface area contributed by atoms with E-state index in [4.69, 9.17) is 0 Å². The van der Waals surface area contributed by atoms with Crippen LogP contribution in [-0.4, -0.2) is 11.6 Å². The van der Waals surface area contributed by atoms with E-state index in [0.29, 0.717) is 6.54 Å². The normalized spacial score (nSPS) is 15.9. The molecule has 4 aromatic rings. The molecule has 0 saturated carbocycles. The Kier molecular flexibility index (Phi) is 6.03. The van der Waals surface area contributed by atoms with Gasteiger partial charge in [-0.3, -0.25) is 9.36 Å². The number of anilines is 1. The molecule has 2 aromatic carbocycles. The highest BCUT2D eigenvalue weighted by Crippen LogP contribution is 2.45. The first kappa shape index (κ1) is 22.2.